The number of nitrogens with one attached hydrogen (secondary N) is 1. The molecule has 0 aromatic heterocycles. The van der Waals surface area contributed by atoms with Gasteiger partial charge in [-0.15, -0.1) is 0 Å². The van der Waals surface area contributed by atoms with E-state index in [0.29, 0.717) is 5.69 Å². The van der Waals surface area contributed by atoms with Gasteiger partial charge in [-0.25, -0.2) is 8.42 Å². The van der Waals surface area contributed by atoms with Gasteiger partial charge < -0.3 is 5.32 Å². The minimum Gasteiger partial charge on any atom is -0.352 e. The second kappa shape index (κ2) is 9.65. The Balaban J connectivity index is 1.91. The average Bonchev–Trinajstić information content (AvgIpc) is 2.95. The summed E-state index contributed by atoms with van der Waals surface area (Å²) >= 11 is 0. The maximum Gasteiger partial charge on any atom is 0.264 e. The van der Waals surface area contributed by atoms with Crippen molar-refractivity contribution in [3.8, 4) is 0 Å². The molecule has 1 fully saturated rings. The van der Waals surface area contributed by atoms with Crippen LogP contribution in [-0.2, 0) is 14.8 Å². The lowest BCUT2D eigenvalue weighted by molar-refractivity contribution is -0.120. The molecule has 0 atom stereocenters. The third kappa shape index (κ3) is 5.42. The molecule has 0 saturated heterocycles. The fourth-order valence-electron chi connectivity index (χ4n) is 4.05. The smallest absolute Gasteiger partial charge is 0.264 e. The van der Waals surface area contributed by atoms with Gasteiger partial charge in [-0.3, -0.25) is 9.10 Å². The molecule has 1 amide bonds. The fourth-order valence-corrected chi connectivity index (χ4v) is 5.54. The van der Waals surface area contributed by atoms with Gasteiger partial charge in [-0.1, -0.05) is 61.1 Å². The van der Waals surface area contributed by atoms with Crippen molar-refractivity contribution in [3.05, 3.63) is 59.2 Å². The SMILES string of the molecule is Cc1ccc(S(=O)(=O)N(CC(=O)NC2CCCCCC2)c2ccc(C)cc2C)cc1. The number of sulfonamides is 1. The topological polar surface area (TPSA) is 66.5 Å². The molecule has 1 N–H and O–H groups in total. The lowest BCUT2D eigenvalue weighted by Gasteiger charge is -2.27. The first-order chi connectivity index (χ1) is 14.3. The molecule has 162 valence electrons. The molecule has 5 nitrogen and oxygen atoms in total. The van der Waals surface area contributed by atoms with E-state index in [1.807, 2.05) is 32.9 Å². The third-order valence-electron chi connectivity index (χ3n) is 5.74. The summed E-state index contributed by atoms with van der Waals surface area (Å²) in [5.41, 5.74) is 3.40. The highest BCUT2D eigenvalue weighted by atomic mass is 32.2. The standard InChI is InChI=1S/C24H32N2O3S/c1-18-10-13-22(14-11-18)30(28,29)26(23-15-12-19(2)16-20(23)3)17-24(27)25-21-8-6-4-5-7-9-21/h10-16,21H,4-9,17H2,1-3H3,(H,25,27). The first-order valence-corrected chi connectivity index (χ1v) is 12.2. The molecule has 0 heterocycles. The van der Waals surface area contributed by atoms with Crippen molar-refractivity contribution >= 4 is 21.6 Å². The molecular weight excluding hydrogens is 396 g/mol. The Morgan fingerprint density at radius 3 is 2.13 bits per heavy atom. The van der Waals surface area contributed by atoms with E-state index in [9.17, 15) is 13.2 Å². The Morgan fingerprint density at radius 2 is 1.53 bits per heavy atom. The molecule has 2 aromatic carbocycles. The predicted octanol–water partition coefficient (Wildman–Crippen LogP) is 4.65. The number of amides is 1. The van der Waals surface area contributed by atoms with E-state index in [2.05, 4.69) is 5.32 Å². The maximum atomic E-state index is 13.5. The number of benzene rings is 2. The van der Waals surface area contributed by atoms with E-state index in [4.69, 9.17) is 0 Å². The number of carbonyl (C=O) groups excluding carboxylic acids is 1. The van der Waals surface area contributed by atoms with Gasteiger partial charge in [-0.05, 0) is 57.4 Å². The summed E-state index contributed by atoms with van der Waals surface area (Å²) < 4.78 is 28.3. The molecule has 3 rings (SSSR count). The second-order valence-electron chi connectivity index (χ2n) is 8.37. The number of hydrogen-bond acceptors (Lipinski definition) is 3. The van der Waals surface area contributed by atoms with Crippen LogP contribution in [0.15, 0.2) is 47.4 Å². The lowest BCUT2D eigenvalue weighted by atomic mass is 10.1. The Labute approximate surface area is 180 Å². The molecule has 0 spiro atoms. The minimum absolute atomic E-state index is 0.128. The van der Waals surface area contributed by atoms with E-state index >= 15 is 0 Å². The number of carbonyl (C=O) groups is 1. The van der Waals surface area contributed by atoms with Crippen molar-refractivity contribution in [2.24, 2.45) is 0 Å². The van der Waals surface area contributed by atoms with E-state index in [1.54, 1.807) is 30.3 Å². The van der Waals surface area contributed by atoms with Gasteiger partial charge in [0.25, 0.3) is 10.0 Å². The number of nitrogens with zero attached hydrogens (tertiary/aromatic N) is 1. The largest absolute Gasteiger partial charge is 0.352 e. The van der Waals surface area contributed by atoms with Gasteiger partial charge >= 0.3 is 0 Å². The summed E-state index contributed by atoms with van der Waals surface area (Å²) in [5, 5.41) is 3.08. The van der Waals surface area contributed by atoms with Gasteiger partial charge in [0, 0.05) is 6.04 Å². The zero-order valence-corrected chi connectivity index (χ0v) is 19.0. The maximum absolute atomic E-state index is 13.5. The quantitative estimate of drug-likeness (QED) is 0.681. The predicted molar refractivity (Wildman–Crippen MR) is 121 cm³/mol. The van der Waals surface area contributed by atoms with Crippen molar-refractivity contribution in [2.45, 2.75) is 70.2 Å². The zero-order valence-electron chi connectivity index (χ0n) is 18.1. The summed E-state index contributed by atoms with van der Waals surface area (Å²) in [6.07, 6.45) is 6.52. The molecule has 0 bridgehead atoms. The van der Waals surface area contributed by atoms with Crippen molar-refractivity contribution in [1.82, 2.24) is 5.32 Å². The zero-order chi connectivity index (χ0) is 21.7. The van der Waals surface area contributed by atoms with Crippen molar-refractivity contribution in [2.75, 3.05) is 10.8 Å². The van der Waals surface area contributed by atoms with Crippen LogP contribution < -0.4 is 9.62 Å². The van der Waals surface area contributed by atoms with Crippen LogP contribution in [0.2, 0.25) is 0 Å². The molecule has 0 aliphatic heterocycles. The lowest BCUT2D eigenvalue weighted by Crippen LogP contribution is -2.44. The molecule has 0 unspecified atom stereocenters. The number of anilines is 1. The van der Waals surface area contributed by atoms with Crippen LogP contribution in [-0.4, -0.2) is 26.9 Å². The molecule has 0 radical (unpaired) electrons. The van der Waals surface area contributed by atoms with E-state index in [1.165, 1.54) is 17.1 Å². The Bertz CT molecular complexity index is 976. The van der Waals surface area contributed by atoms with E-state index in [0.717, 1.165) is 42.4 Å². The van der Waals surface area contributed by atoms with E-state index < -0.39 is 10.0 Å². The van der Waals surface area contributed by atoms with Gasteiger partial charge in [0.05, 0.1) is 10.6 Å². The summed E-state index contributed by atoms with van der Waals surface area (Å²) in [4.78, 5) is 13.1. The fraction of sp³-hybridized carbons (Fsp3) is 0.458. The van der Waals surface area contributed by atoms with Crippen molar-refractivity contribution in [1.29, 1.82) is 0 Å². The van der Waals surface area contributed by atoms with Crippen molar-refractivity contribution < 1.29 is 13.2 Å². The van der Waals surface area contributed by atoms with Gasteiger partial charge in [0.1, 0.15) is 6.54 Å². The van der Waals surface area contributed by atoms with Gasteiger partial charge in [0.15, 0.2) is 0 Å². The molecule has 1 aliphatic rings. The molecule has 30 heavy (non-hydrogen) atoms. The third-order valence-corrected chi connectivity index (χ3v) is 7.51. The minimum atomic E-state index is -3.88. The van der Waals surface area contributed by atoms with Crippen LogP contribution in [0.1, 0.15) is 55.2 Å². The van der Waals surface area contributed by atoms with Crippen LogP contribution in [0, 0.1) is 20.8 Å². The highest BCUT2D eigenvalue weighted by molar-refractivity contribution is 7.92. The Hall–Kier alpha value is -2.34. The first-order valence-electron chi connectivity index (χ1n) is 10.7. The highest BCUT2D eigenvalue weighted by Crippen LogP contribution is 2.28. The van der Waals surface area contributed by atoms with Crippen LogP contribution in [0.3, 0.4) is 0 Å². The Morgan fingerprint density at radius 1 is 0.933 bits per heavy atom. The molecule has 1 saturated carbocycles. The second-order valence-corrected chi connectivity index (χ2v) is 10.2. The van der Waals surface area contributed by atoms with Crippen LogP contribution >= 0.6 is 0 Å². The average molecular weight is 429 g/mol. The summed E-state index contributed by atoms with van der Waals surface area (Å²) in [6.45, 7) is 5.53. The van der Waals surface area contributed by atoms with Gasteiger partial charge in [0.2, 0.25) is 5.91 Å². The van der Waals surface area contributed by atoms with E-state index in [-0.39, 0.29) is 23.4 Å². The molecule has 2 aromatic rings. The Kier molecular flexibility index (Phi) is 7.19. The number of rotatable bonds is 6. The number of aryl methyl sites for hydroxylation is 3. The summed E-state index contributed by atoms with van der Waals surface area (Å²) in [6, 6.07) is 12.5. The van der Waals surface area contributed by atoms with Crippen LogP contribution in [0.5, 0.6) is 0 Å². The van der Waals surface area contributed by atoms with Gasteiger partial charge in [-0.2, -0.15) is 0 Å². The summed E-state index contributed by atoms with van der Waals surface area (Å²) in [7, 11) is -3.88. The van der Waals surface area contributed by atoms with Crippen molar-refractivity contribution in [3.63, 3.8) is 0 Å². The number of hydrogen-bond donors (Lipinski definition) is 1. The molecule has 1 aliphatic carbocycles. The molecular formula is C24H32N2O3S. The normalized spacial score (nSPS) is 15.4. The monoisotopic (exact) mass is 428 g/mol. The van der Waals surface area contributed by atoms with Crippen LogP contribution in [0.4, 0.5) is 5.69 Å². The summed E-state index contributed by atoms with van der Waals surface area (Å²) in [5.74, 6) is -0.252. The molecule has 6 heteroatoms. The van der Waals surface area contributed by atoms with Crippen LogP contribution in [0.25, 0.3) is 0 Å². The first kappa shape index (κ1) is 22.3. The highest BCUT2D eigenvalue weighted by Gasteiger charge is 2.29.